The van der Waals surface area contributed by atoms with Crippen molar-refractivity contribution in [3.8, 4) is 0 Å². The summed E-state index contributed by atoms with van der Waals surface area (Å²) in [6.45, 7) is 0. The van der Waals surface area contributed by atoms with Crippen molar-refractivity contribution in [2.24, 2.45) is 41.4 Å². The molecule has 2 nitrogen and oxygen atoms in total. The van der Waals surface area contributed by atoms with Crippen molar-refractivity contribution < 1.29 is 0 Å². The van der Waals surface area contributed by atoms with Gasteiger partial charge in [-0.15, -0.1) is 0 Å². The van der Waals surface area contributed by atoms with Crippen LogP contribution in [0.4, 0.5) is 0 Å². The Kier molecular flexibility index (Phi) is 2.52. The van der Waals surface area contributed by atoms with E-state index in [-0.39, 0.29) is 0 Å². The highest BCUT2D eigenvalue weighted by atomic mass is 15.2. The van der Waals surface area contributed by atoms with Crippen LogP contribution in [0.5, 0.6) is 0 Å². The molecule has 5 fully saturated rings. The largest absolute Gasteiger partial charge is 0.271 e. The Morgan fingerprint density at radius 2 is 1.47 bits per heavy atom. The topological polar surface area (TPSA) is 38.0 Å². The van der Waals surface area contributed by atoms with Crippen LogP contribution in [0.25, 0.3) is 0 Å². The number of rotatable bonds is 3. The van der Waals surface area contributed by atoms with Gasteiger partial charge in [0.1, 0.15) is 0 Å². The molecule has 2 heteroatoms. The van der Waals surface area contributed by atoms with Crippen molar-refractivity contribution >= 4 is 0 Å². The van der Waals surface area contributed by atoms with E-state index in [1.54, 1.807) is 6.42 Å². The lowest BCUT2D eigenvalue weighted by atomic mass is 9.49. The summed E-state index contributed by atoms with van der Waals surface area (Å²) in [5.74, 6) is 12.0. The molecular weight excluding hydrogens is 208 g/mol. The Bertz CT molecular complexity index is 269. The molecule has 0 radical (unpaired) electrons. The second kappa shape index (κ2) is 3.96. The molecule has 5 aliphatic rings. The highest BCUT2D eigenvalue weighted by Gasteiger charge is 2.51. The normalized spacial score (nSPS) is 50.3. The van der Waals surface area contributed by atoms with Crippen LogP contribution in [0.3, 0.4) is 0 Å². The molecule has 1 atom stereocenters. The quantitative estimate of drug-likeness (QED) is 0.582. The summed E-state index contributed by atoms with van der Waals surface area (Å²) in [5.41, 5.74) is 3.23. The molecule has 5 rings (SSSR count). The maximum atomic E-state index is 5.91. The fourth-order valence-corrected chi connectivity index (χ4v) is 5.91. The van der Waals surface area contributed by atoms with Crippen LogP contribution in [0.2, 0.25) is 0 Å². The number of hydrogen-bond donors (Lipinski definition) is 2. The minimum Gasteiger partial charge on any atom is -0.271 e. The molecule has 0 aromatic carbocycles. The number of nitrogens with two attached hydrogens (primary N) is 1. The Morgan fingerprint density at radius 3 is 1.88 bits per heavy atom. The predicted molar refractivity (Wildman–Crippen MR) is 69.0 cm³/mol. The van der Waals surface area contributed by atoms with E-state index < -0.39 is 0 Å². The highest BCUT2D eigenvalue weighted by Crippen LogP contribution is 2.58. The zero-order chi connectivity index (χ0) is 11.4. The van der Waals surface area contributed by atoms with E-state index in [4.69, 9.17) is 5.84 Å². The second-order valence-corrected chi connectivity index (χ2v) is 7.39. The highest BCUT2D eigenvalue weighted by molar-refractivity contribution is 5.03. The van der Waals surface area contributed by atoms with Gasteiger partial charge >= 0.3 is 0 Å². The monoisotopic (exact) mass is 234 g/mol. The first-order valence-corrected chi connectivity index (χ1v) is 7.81. The molecule has 0 aromatic heterocycles. The van der Waals surface area contributed by atoms with Crippen molar-refractivity contribution in [2.45, 2.75) is 57.4 Å². The van der Waals surface area contributed by atoms with Gasteiger partial charge in [0.25, 0.3) is 0 Å². The first-order valence-electron chi connectivity index (χ1n) is 7.81. The van der Waals surface area contributed by atoms with Crippen LogP contribution < -0.4 is 11.3 Å². The minimum absolute atomic E-state index is 0.652. The lowest BCUT2D eigenvalue weighted by Crippen LogP contribution is -2.57. The lowest BCUT2D eigenvalue weighted by Gasteiger charge is -2.58. The zero-order valence-electron chi connectivity index (χ0n) is 10.8. The van der Waals surface area contributed by atoms with Gasteiger partial charge < -0.3 is 0 Å². The minimum atomic E-state index is 0.652. The lowest BCUT2D eigenvalue weighted by molar-refractivity contribution is -0.0666. The summed E-state index contributed by atoms with van der Waals surface area (Å²) in [7, 11) is 0. The Hall–Kier alpha value is -0.0800. The van der Waals surface area contributed by atoms with Crippen molar-refractivity contribution in [3.05, 3.63) is 0 Å². The maximum absolute atomic E-state index is 5.91. The summed E-state index contributed by atoms with van der Waals surface area (Å²) < 4.78 is 0. The Morgan fingerprint density at radius 1 is 0.882 bits per heavy atom. The summed E-state index contributed by atoms with van der Waals surface area (Å²) in [6, 6.07) is 0.652. The molecule has 96 valence electrons. The smallest absolute Gasteiger partial charge is 0.0272 e. The molecular formula is C15H26N2. The van der Waals surface area contributed by atoms with E-state index >= 15 is 0 Å². The van der Waals surface area contributed by atoms with Crippen LogP contribution in [0.15, 0.2) is 0 Å². The first kappa shape index (κ1) is 10.8. The van der Waals surface area contributed by atoms with E-state index in [0.717, 1.165) is 35.5 Å². The first-order chi connectivity index (χ1) is 8.35. The molecule has 1 unspecified atom stereocenters. The van der Waals surface area contributed by atoms with Gasteiger partial charge in [0.15, 0.2) is 0 Å². The van der Waals surface area contributed by atoms with Gasteiger partial charge in [-0.25, -0.2) is 0 Å². The van der Waals surface area contributed by atoms with E-state index in [9.17, 15) is 0 Å². The van der Waals surface area contributed by atoms with Crippen LogP contribution in [-0.2, 0) is 0 Å². The molecule has 0 spiro atoms. The predicted octanol–water partition coefficient (Wildman–Crippen LogP) is 2.69. The number of hydrazine groups is 1. The average Bonchev–Trinajstić information content (AvgIpc) is 2.23. The molecule has 0 aliphatic heterocycles. The molecule has 5 aliphatic carbocycles. The molecule has 4 bridgehead atoms. The molecule has 17 heavy (non-hydrogen) atoms. The van der Waals surface area contributed by atoms with E-state index in [2.05, 4.69) is 5.43 Å². The Labute approximate surface area is 105 Å². The fourth-order valence-electron chi connectivity index (χ4n) is 5.91. The molecule has 0 heterocycles. The van der Waals surface area contributed by atoms with E-state index in [0.29, 0.717) is 6.04 Å². The summed E-state index contributed by atoms with van der Waals surface area (Å²) in [6.07, 6.45) is 12.0. The number of nitrogens with one attached hydrogen (secondary N) is 1. The number of hydrogen-bond acceptors (Lipinski definition) is 2. The third kappa shape index (κ3) is 1.60. The van der Waals surface area contributed by atoms with Gasteiger partial charge in [0.2, 0.25) is 0 Å². The SMILES string of the molecule is NNC(C1CCC1)C1C2CC3CC(C2)CC1C3. The molecule has 5 saturated carbocycles. The summed E-state index contributed by atoms with van der Waals surface area (Å²) >= 11 is 0. The molecule has 0 amide bonds. The molecule has 0 aromatic rings. The van der Waals surface area contributed by atoms with Crippen LogP contribution in [0.1, 0.15) is 51.4 Å². The van der Waals surface area contributed by atoms with E-state index in [1.807, 2.05) is 0 Å². The van der Waals surface area contributed by atoms with Gasteiger partial charge in [-0.1, -0.05) is 6.42 Å². The van der Waals surface area contributed by atoms with Crippen LogP contribution in [-0.4, -0.2) is 6.04 Å². The van der Waals surface area contributed by atoms with Gasteiger partial charge in [-0.3, -0.25) is 11.3 Å². The third-order valence-electron chi connectivity index (χ3n) is 6.56. The molecule has 0 saturated heterocycles. The van der Waals surface area contributed by atoms with Crippen LogP contribution in [0, 0.1) is 35.5 Å². The van der Waals surface area contributed by atoms with Gasteiger partial charge in [0.05, 0.1) is 0 Å². The van der Waals surface area contributed by atoms with Crippen molar-refractivity contribution in [3.63, 3.8) is 0 Å². The molecule has 3 N–H and O–H groups in total. The fraction of sp³-hybridized carbons (Fsp3) is 1.00. The van der Waals surface area contributed by atoms with Gasteiger partial charge in [0, 0.05) is 6.04 Å². The van der Waals surface area contributed by atoms with Gasteiger partial charge in [-0.05, 0) is 80.5 Å². The summed E-state index contributed by atoms with van der Waals surface area (Å²) in [5, 5.41) is 0. The standard InChI is InChI=1S/C15H26N2/c16-17-15(11-2-1-3-11)14-12-5-9-4-10(7-12)8-13(14)6-9/h9-15,17H,1-8,16H2. The van der Waals surface area contributed by atoms with Crippen molar-refractivity contribution in [2.75, 3.05) is 0 Å². The third-order valence-corrected chi connectivity index (χ3v) is 6.56. The average molecular weight is 234 g/mol. The summed E-state index contributed by atoms with van der Waals surface area (Å²) in [4.78, 5) is 0. The van der Waals surface area contributed by atoms with Crippen LogP contribution >= 0.6 is 0 Å². The second-order valence-electron chi connectivity index (χ2n) is 7.39. The maximum Gasteiger partial charge on any atom is 0.0272 e. The van der Waals surface area contributed by atoms with Crippen molar-refractivity contribution in [1.29, 1.82) is 0 Å². The van der Waals surface area contributed by atoms with Crippen molar-refractivity contribution in [1.82, 2.24) is 5.43 Å². The zero-order valence-corrected chi connectivity index (χ0v) is 10.8. The van der Waals surface area contributed by atoms with E-state index in [1.165, 1.54) is 44.9 Å². The van der Waals surface area contributed by atoms with Gasteiger partial charge in [-0.2, -0.15) is 0 Å². The Balaban J connectivity index is 1.56.